The van der Waals surface area contributed by atoms with E-state index in [4.69, 9.17) is 0 Å². The normalized spacial score (nSPS) is 9.00. The third-order valence-corrected chi connectivity index (χ3v) is 3.69. The quantitative estimate of drug-likeness (QED) is 0.281. The van der Waals surface area contributed by atoms with Gasteiger partial charge < -0.3 is 29.7 Å². The number of carbonyl (C=O) groups is 6. The van der Waals surface area contributed by atoms with Crippen LogP contribution in [0.15, 0.2) is 0 Å². The van der Waals surface area contributed by atoms with Gasteiger partial charge in [-0.2, -0.15) is 0 Å². The van der Waals surface area contributed by atoms with Gasteiger partial charge in [-0.15, -0.1) is 0 Å². The van der Waals surface area contributed by atoms with Crippen LogP contribution in [0.4, 0.5) is 0 Å². The van der Waals surface area contributed by atoms with Gasteiger partial charge in [-0.1, -0.05) is 20.8 Å². The smallest absolute Gasteiger partial charge is 0.550 e. The van der Waals surface area contributed by atoms with Crippen molar-refractivity contribution in [2.45, 2.75) is 97.8 Å². The first-order chi connectivity index (χ1) is 14.0. The van der Waals surface area contributed by atoms with Crippen molar-refractivity contribution < 1.29 is 61.2 Å². The minimum atomic E-state index is -1.08. The van der Waals surface area contributed by atoms with Crippen molar-refractivity contribution in [2.24, 2.45) is 0 Å². The zero-order chi connectivity index (χ0) is 23.9. The fourth-order valence-electron chi connectivity index (χ4n) is 1.82. The molecule has 0 aliphatic carbocycles. The van der Waals surface area contributed by atoms with Gasteiger partial charge in [0.15, 0.2) is 0 Å². The molecule has 0 rings (SSSR count). The molecule has 0 spiro atoms. The molecule has 0 amide bonds. The molecule has 0 bridgehead atoms. The van der Waals surface area contributed by atoms with Crippen molar-refractivity contribution in [2.75, 3.05) is 0 Å². The van der Waals surface area contributed by atoms with Crippen LogP contribution in [-0.4, -0.2) is 35.3 Å². The van der Waals surface area contributed by atoms with Crippen LogP contribution < -0.4 is 15.3 Å². The van der Waals surface area contributed by atoms with E-state index in [1.165, 1.54) is 0 Å². The summed E-state index contributed by atoms with van der Waals surface area (Å²) in [5.74, 6) is -2.90. The second kappa shape index (κ2) is 26.0. The molecule has 179 valence electrons. The molecule has 0 heterocycles. The van der Waals surface area contributed by atoms with Crippen molar-refractivity contribution in [1.29, 1.82) is 0 Å². The van der Waals surface area contributed by atoms with E-state index in [0.717, 1.165) is 0 Å². The van der Waals surface area contributed by atoms with E-state index in [2.05, 4.69) is 0 Å². The van der Waals surface area contributed by atoms with Gasteiger partial charge in [0.05, 0.1) is 0 Å². The Morgan fingerprint density at radius 1 is 0.452 bits per heavy atom. The summed E-state index contributed by atoms with van der Waals surface area (Å²) < 4.78 is 0. The maximum Gasteiger partial charge on any atom is 3.00 e. The van der Waals surface area contributed by atoms with Crippen LogP contribution in [0.2, 0.25) is 0 Å². The van der Waals surface area contributed by atoms with Crippen LogP contribution in [-0.2, 0) is 45.8 Å². The van der Waals surface area contributed by atoms with E-state index in [1.807, 2.05) is 0 Å². The number of Topliss-reactive ketones (excluding diaryl/α,β-unsaturated/α-hetero) is 3. The number of rotatable bonds is 15. The van der Waals surface area contributed by atoms with Crippen molar-refractivity contribution in [1.82, 2.24) is 0 Å². The summed E-state index contributed by atoms with van der Waals surface area (Å²) in [4.78, 5) is 61.3. The molecule has 0 unspecified atom stereocenters. The van der Waals surface area contributed by atoms with Crippen LogP contribution in [0.5, 0.6) is 0 Å². The first kappa shape index (κ1) is 36.3. The second-order valence-corrected chi connectivity index (χ2v) is 6.35. The summed E-state index contributed by atoms with van der Waals surface area (Å²) in [6.07, 6.45) is 3.79. The topological polar surface area (TPSA) is 172 Å². The summed E-state index contributed by atoms with van der Waals surface area (Å²) in [5.41, 5.74) is 0. The number of carboxylic acids is 3. The largest absolute Gasteiger partial charge is 3.00 e. The molecule has 31 heavy (non-hydrogen) atoms. The van der Waals surface area contributed by atoms with E-state index >= 15 is 0 Å². The Kier molecular flexibility index (Phi) is 30.4. The average molecular weight is 485 g/mol. The molecule has 9 nitrogen and oxygen atoms in total. The monoisotopic (exact) mass is 485 g/mol. The van der Waals surface area contributed by atoms with E-state index in [9.17, 15) is 44.1 Å². The average Bonchev–Trinajstić information content (AvgIpc) is 2.67. The van der Waals surface area contributed by atoms with Gasteiger partial charge in [-0.05, 0) is 38.5 Å². The SMILES string of the molecule is CCC(=O)CCCC(=O)[O-].CCC(=O)CCCC(=O)[O-].CCC(=O)CCCC(=O)[O-].[Fe+3]. The summed E-state index contributed by atoms with van der Waals surface area (Å²) >= 11 is 0. The van der Waals surface area contributed by atoms with E-state index in [-0.39, 0.29) is 53.7 Å². The molecule has 10 heteroatoms. The third kappa shape index (κ3) is 39.1. The number of hydrogen-bond acceptors (Lipinski definition) is 9. The number of carbonyl (C=O) groups excluding carboxylic acids is 6. The summed E-state index contributed by atoms with van der Waals surface area (Å²) in [6, 6.07) is 0. The first-order valence-electron chi connectivity index (χ1n) is 10.1. The second-order valence-electron chi connectivity index (χ2n) is 6.35. The predicted octanol–water partition coefficient (Wildman–Crippen LogP) is -0.345. The zero-order valence-corrected chi connectivity index (χ0v) is 19.6. The molecule has 0 aromatic heterocycles. The molecule has 0 aromatic rings. The van der Waals surface area contributed by atoms with Crippen LogP contribution >= 0.6 is 0 Å². The molecule has 0 N–H and O–H groups in total. The Balaban J connectivity index is -0.000000174. The minimum Gasteiger partial charge on any atom is -0.550 e. The molecule has 0 fully saturated rings. The molecule has 0 aromatic carbocycles. The Hall–Kier alpha value is -2.06. The standard InChI is InChI=1S/3C7H12O3.Fe/c3*1-2-6(8)4-3-5-7(9)10;/h3*2-5H2,1H3,(H,9,10);/q;;;+3/p-3. The van der Waals surface area contributed by atoms with Gasteiger partial charge >= 0.3 is 17.1 Å². The third-order valence-electron chi connectivity index (χ3n) is 3.69. The summed E-state index contributed by atoms with van der Waals surface area (Å²) in [6.45, 7) is 5.30. The minimum absolute atomic E-state index is 0. The number of aliphatic carboxylic acids is 3. The van der Waals surface area contributed by atoms with Gasteiger partial charge in [0.2, 0.25) is 0 Å². The molecule has 1 radical (unpaired) electrons. The molecule has 0 saturated heterocycles. The number of carboxylic acid groups (broad SMARTS) is 3. The molecule has 0 atom stereocenters. The number of hydrogen-bond donors (Lipinski definition) is 0. The first-order valence-corrected chi connectivity index (χ1v) is 10.1. The molecule has 0 aliphatic heterocycles. The molecule has 0 aliphatic rings. The number of ketones is 3. The molecular weight excluding hydrogens is 452 g/mol. The van der Waals surface area contributed by atoms with Crippen molar-refractivity contribution in [3.63, 3.8) is 0 Å². The van der Waals surface area contributed by atoms with Crippen LogP contribution in [0.25, 0.3) is 0 Å². The molecular formula is C21H33FeO9. The summed E-state index contributed by atoms with van der Waals surface area (Å²) in [7, 11) is 0. The van der Waals surface area contributed by atoms with E-state index in [1.54, 1.807) is 20.8 Å². The van der Waals surface area contributed by atoms with E-state index in [0.29, 0.717) is 57.8 Å². The van der Waals surface area contributed by atoms with Crippen LogP contribution in [0, 0.1) is 0 Å². The zero-order valence-electron chi connectivity index (χ0n) is 18.5. The van der Waals surface area contributed by atoms with Crippen LogP contribution in [0.1, 0.15) is 97.8 Å². The van der Waals surface area contributed by atoms with Crippen molar-refractivity contribution in [3.05, 3.63) is 0 Å². The molecule has 0 saturated carbocycles. The Morgan fingerprint density at radius 3 is 0.774 bits per heavy atom. The van der Waals surface area contributed by atoms with Gasteiger partial charge in [0, 0.05) is 56.4 Å². The van der Waals surface area contributed by atoms with Gasteiger partial charge in [0.1, 0.15) is 17.3 Å². The van der Waals surface area contributed by atoms with Gasteiger partial charge in [-0.3, -0.25) is 14.4 Å². The van der Waals surface area contributed by atoms with Gasteiger partial charge in [0.25, 0.3) is 0 Å². The fourth-order valence-corrected chi connectivity index (χ4v) is 1.82. The predicted molar refractivity (Wildman–Crippen MR) is 102 cm³/mol. The van der Waals surface area contributed by atoms with Crippen LogP contribution in [0.3, 0.4) is 0 Å². The Morgan fingerprint density at radius 2 is 0.645 bits per heavy atom. The van der Waals surface area contributed by atoms with Gasteiger partial charge in [-0.25, -0.2) is 0 Å². The van der Waals surface area contributed by atoms with Crippen molar-refractivity contribution in [3.8, 4) is 0 Å². The summed E-state index contributed by atoms with van der Waals surface area (Å²) in [5, 5.41) is 29.5. The Bertz CT molecular complexity index is 469. The maximum atomic E-state index is 10.6. The Labute approximate surface area is 194 Å². The van der Waals surface area contributed by atoms with Crippen molar-refractivity contribution >= 4 is 35.3 Å². The van der Waals surface area contributed by atoms with E-state index < -0.39 is 17.9 Å². The maximum absolute atomic E-state index is 10.6. The fraction of sp³-hybridized carbons (Fsp3) is 0.714.